The van der Waals surface area contributed by atoms with Gasteiger partial charge in [-0.2, -0.15) is 0 Å². The predicted molar refractivity (Wildman–Crippen MR) is 71.4 cm³/mol. The molecule has 2 nitrogen and oxygen atoms in total. The Bertz CT molecular complexity index is 453. The van der Waals surface area contributed by atoms with Crippen molar-refractivity contribution < 1.29 is 14.3 Å². The predicted octanol–water partition coefficient (Wildman–Crippen LogP) is 4.21. The number of hydrogen-bond acceptors (Lipinski definition) is 1. The molecule has 18 heavy (non-hydrogen) atoms. The summed E-state index contributed by atoms with van der Waals surface area (Å²) in [7, 11) is 0. The molecule has 1 fully saturated rings. The van der Waals surface area contributed by atoms with Crippen molar-refractivity contribution in [2.75, 3.05) is 0 Å². The molecule has 0 unspecified atom stereocenters. The van der Waals surface area contributed by atoms with Gasteiger partial charge in [-0.1, -0.05) is 47.3 Å². The van der Waals surface area contributed by atoms with Crippen LogP contribution in [0.15, 0.2) is 22.7 Å². The van der Waals surface area contributed by atoms with E-state index in [-0.39, 0.29) is 0 Å². The van der Waals surface area contributed by atoms with Gasteiger partial charge in [0.25, 0.3) is 0 Å². The second-order valence-electron chi connectivity index (χ2n) is 4.89. The van der Waals surface area contributed by atoms with Crippen molar-refractivity contribution in [3.8, 4) is 0 Å². The summed E-state index contributed by atoms with van der Waals surface area (Å²) in [6.45, 7) is -0.541. The fourth-order valence-corrected chi connectivity index (χ4v) is 3.22. The Labute approximate surface area is 114 Å². The van der Waals surface area contributed by atoms with Crippen LogP contribution in [0.4, 0.5) is 4.39 Å². The zero-order chi connectivity index (χ0) is 13.2. The van der Waals surface area contributed by atoms with Crippen LogP contribution in [0.3, 0.4) is 0 Å². The van der Waals surface area contributed by atoms with Crippen molar-refractivity contribution in [1.82, 2.24) is 0 Å². The van der Waals surface area contributed by atoms with E-state index in [1.54, 1.807) is 18.2 Å². The monoisotopic (exact) mass is 314 g/mol. The molecule has 0 radical (unpaired) electrons. The molecular formula is C14H16BrFO2. The van der Waals surface area contributed by atoms with Crippen LogP contribution < -0.4 is 0 Å². The fraction of sp³-hybridized carbons (Fsp3) is 0.500. The van der Waals surface area contributed by atoms with Crippen LogP contribution in [-0.4, -0.2) is 11.1 Å². The van der Waals surface area contributed by atoms with Crippen molar-refractivity contribution in [2.45, 2.75) is 44.2 Å². The number of rotatable bonds is 3. The molecule has 0 spiro atoms. The molecule has 0 heterocycles. The maximum absolute atomic E-state index is 12.7. The van der Waals surface area contributed by atoms with E-state index in [0.717, 1.165) is 24.8 Å². The third-order valence-corrected chi connectivity index (χ3v) is 4.60. The first-order chi connectivity index (χ1) is 8.60. The number of benzene rings is 1. The number of carboxylic acids is 1. The van der Waals surface area contributed by atoms with Gasteiger partial charge in [0.1, 0.15) is 6.67 Å². The highest BCUT2D eigenvalue weighted by Crippen LogP contribution is 2.41. The molecule has 1 saturated carbocycles. The van der Waals surface area contributed by atoms with Gasteiger partial charge in [0.2, 0.25) is 0 Å². The Morgan fingerprint density at radius 2 is 2.00 bits per heavy atom. The van der Waals surface area contributed by atoms with Gasteiger partial charge in [-0.15, -0.1) is 0 Å². The van der Waals surface area contributed by atoms with E-state index >= 15 is 0 Å². The second-order valence-corrected chi connectivity index (χ2v) is 5.74. The maximum Gasteiger partial charge on any atom is 0.314 e. The molecule has 0 saturated heterocycles. The van der Waals surface area contributed by atoms with Crippen LogP contribution in [0.5, 0.6) is 0 Å². The lowest BCUT2D eigenvalue weighted by Gasteiger charge is -2.33. The highest BCUT2D eigenvalue weighted by atomic mass is 79.9. The lowest BCUT2D eigenvalue weighted by molar-refractivity contribution is -0.145. The van der Waals surface area contributed by atoms with Crippen LogP contribution >= 0.6 is 15.9 Å². The maximum atomic E-state index is 12.7. The second kappa shape index (κ2) is 5.39. The van der Waals surface area contributed by atoms with Crippen LogP contribution in [-0.2, 0) is 16.9 Å². The summed E-state index contributed by atoms with van der Waals surface area (Å²) in [6, 6.07) is 5.21. The molecular weight excluding hydrogens is 299 g/mol. The van der Waals surface area contributed by atoms with E-state index in [0.29, 0.717) is 22.9 Å². The molecule has 1 aliphatic carbocycles. The van der Waals surface area contributed by atoms with E-state index in [4.69, 9.17) is 0 Å². The molecule has 0 aromatic heterocycles. The molecule has 2 rings (SSSR count). The molecule has 1 aromatic carbocycles. The van der Waals surface area contributed by atoms with Gasteiger partial charge in [-0.25, -0.2) is 4.39 Å². The SMILES string of the molecule is O=C(O)C1(c2ccc(CF)c(Br)c2)CCCCC1. The Hall–Kier alpha value is -0.900. The van der Waals surface area contributed by atoms with E-state index in [1.807, 2.05) is 0 Å². The molecule has 0 atom stereocenters. The van der Waals surface area contributed by atoms with E-state index in [2.05, 4.69) is 15.9 Å². The first-order valence-corrected chi connectivity index (χ1v) is 6.98. The average Bonchev–Trinajstić information content (AvgIpc) is 2.39. The van der Waals surface area contributed by atoms with Crippen molar-refractivity contribution in [3.63, 3.8) is 0 Å². The van der Waals surface area contributed by atoms with Gasteiger partial charge in [0.05, 0.1) is 5.41 Å². The van der Waals surface area contributed by atoms with Gasteiger partial charge in [-0.3, -0.25) is 4.79 Å². The Balaban J connectivity index is 2.43. The summed E-state index contributed by atoms with van der Waals surface area (Å²) in [4.78, 5) is 11.7. The standard InChI is InChI=1S/C14H16BrFO2/c15-12-8-11(5-4-10(12)9-16)14(13(17)18)6-2-1-3-7-14/h4-5,8H,1-3,6-7,9H2,(H,17,18). The molecule has 0 amide bonds. The quantitative estimate of drug-likeness (QED) is 0.907. The lowest BCUT2D eigenvalue weighted by Crippen LogP contribution is -2.37. The summed E-state index contributed by atoms with van der Waals surface area (Å²) < 4.78 is 13.3. The van der Waals surface area contributed by atoms with E-state index in [1.165, 1.54) is 0 Å². The summed E-state index contributed by atoms with van der Waals surface area (Å²) in [6.07, 6.45) is 4.32. The van der Waals surface area contributed by atoms with Gasteiger partial charge >= 0.3 is 5.97 Å². The Morgan fingerprint density at radius 1 is 1.33 bits per heavy atom. The topological polar surface area (TPSA) is 37.3 Å². The summed E-state index contributed by atoms with van der Waals surface area (Å²) >= 11 is 3.31. The first kappa shape index (κ1) is 13.5. The van der Waals surface area contributed by atoms with E-state index in [9.17, 15) is 14.3 Å². The van der Waals surface area contributed by atoms with Gasteiger partial charge in [0.15, 0.2) is 0 Å². The molecule has 4 heteroatoms. The summed E-state index contributed by atoms with van der Waals surface area (Å²) in [5.41, 5.74) is 0.573. The highest BCUT2D eigenvalue weighted by Gasteiger charge is 2.41. The van der Waals surface area contributed by atoms with Crippen molar-refractivity contribution >= 4 is 21.9 Å². The number of halogens is 2. The average molecular weight is 315 g/mol. The van der Waals surface area contributed by atoms with Crippen molar-refractivity contribution in [3.05, 3.63) is 33.8 Å². The molecule has 98 valence electrons. The zero-order valence-electron chi connectivity index (χ0n) is 10.1. The third-order valence-electron chi connectivity index (χ3n) is 3.87. The largest absolute Gasteiger partial charge is 0.481 e. The first-order valence-electron chi connectivity index (χ1n) is 6.18. The number of carboxylic acid groups (broad SMARTS) is 1. The normalized spacial score (nSPS) is 18.6. The van der Waals surface area contributed by atoms with Gasteiger partial charge in [-0.05, 0) is 30.0 Å². The van der Waals surface area contributed by atoms with Crippen molar-refractivity contribution in [1.29, 1.82) is 0 Å². The van der Waals surface area contributed by atoms with E-state index < -0.39 is 18.1 Å². The third kappa shape index (κ3) is 2.30. The Kier molecular flexibility index (Phi) is 4.05. The fourth-order valence-electron chi connectivity index (χ4n) is 2.73. The summed E-state index contributed by atoms with van der Waals surface area (Å²) in [5.74, 6) is -0.762. The molecule has 1 aromatic rings. The zero-order valence-corrected chi connectivity index (χ0v) is 11.7. The number of aliphatic carboxylic acids is 1. The smallest absolute Gasteiger partial charge is 0.314 e. The molecule has 1 N–H and O–H groups in total. The minimum atomic E-state index is -0.782. The Morgan fingerprint density at radius 3 is 2.50 bits per heavy atom. The van der Waals surface area contributed by atoms with Crippen molar-refractivity contribution in [2.24, 2.45) is 0 Å². The van der Waals surface area contributed by atoms with Crippen LogP contribution in [0.2, 0.25) is 0 Å². The van der Waals surface area contributed by atoms with Gasteiger partial charge < -0.3 is 5.11 Å². The highest BCUT2D eigenvalue weighted by molar-refractivity contribution is 9.10. The molecule has 1 aliphatic rings. The lowest BCUT2D eigenvalue weighted by atomic mass is 9.69. The molecule has 0 bridgehead atoms. The van der Waals surface area contributed by atoms with Gasteiger partial charge in [0, 0.05) is 4.47 Å². The van der Waals surface area contributed by atoms with Crippen LogP contribution in [0.25, 0.3) is 0 Å². The van der Waals surface area contributed by atoms with Crippen LogP contribution in [0.1, 0.15) is 43.2 Å². The number of alkyl halides is 1. The minimum absolute atomic E-state index is 0.541. The number of carbonyl (C=O) groups is 1. The molecule has 0 aliphatic heterocycles. The minimum Gasteiger partial charge on any atom is -0.481 e. The summed E-state index contributed by atoms with van der Waals surface area (Å²) in [5, 5.41) is 9.57. The van der Waals surface area contributed by atoms with Crippen LogP contribution in [0, 0.1) is 0 Å². The number of hydrogen-bond donors (Lipinski definition) is 1.